The summed E-state index contributed by atoms with van der Waals surface area (Å²) >= 11 is 1.37. The van der Waals surface area contributed by atoms with E-state index in [1.807, 2.05) is 18.2 Å². The molecule has 32 heavy (non-hydrogen) atoms. The number of thiazole rings is 1. The molecule has 1 aliphatic heterocycles. The van der Waals surface area contributed by atoms with E-state index in [0.29, 0.717) is 16.3 Å². The quantitative estimate of drug-likeness (QED) is 0.528. The van der Waals surface area contributed by atoms with Crippen LogP contribution in [0.5, 0.6) is 11.5 Å². The van der Waals surface area contributed by atoms with Crippen molar-refractivity contribution in [3.05, 3.63) is 52.8 Å². The zero-order valence-corrected chi connectivity index (χ0v) is 19.2. The van der Waals surface area contributed by atoms with E-state index in [1.165, 1.54) is 24.0 Å². The molecule has 0 saturated carbocycles. The van der Waals surface area contributed by atoms with Gasteiger partial charge in [-0.3, -0.25) is 9.59 Å². The molecule has 1 amide bonds. The number of aromatic nitrogens is 1. The summed E-state index contributed by atoms with van der Waals surface area (Å²) in [5.41, 5.74) is 2.06. The Morgan fingerprint density at radius 1 is 1.16 bits per heavy atom. The van der Waals surface area contributed by atoms with Crippen LogP contribution in [0.15, 0.2) is 47.5 Å². The number of carbonyl (C=O) groups is 2. The number of esters is 1. The SMILES string of the molecule is CCCCc1ccc2c(c1)sc(=NC(=O)C1Oc3ccccc3OC1C)n2CC(=O)OC. The lowest BCUT2D eigenvalue weighted by Gasteiger charge is -2.29. The van der Waals surface area contributed by atoms with E-state index < -0.39 is 24.1 Å². The lowest BCUT2D eigenvalue weighted by molar-refractivity contribution is -0.141. The Labute approximate surface area is 190 Å². The fourth-order valence-electron chi connectivity index (χ4n) is 3.63. The highest BCUT2D eigenvalue weighted by Gasteiger charge is 2.34. The Morgan fingerprint density at radius 3 is 2.62 bits per heavy atom. The van der Waals surface area contributed by atoms with Crippen LogP contribution in [0.4, 0.5) is 0 Å². The van der Waals surface area contributed by atoms with Crippen molar-refractivity contribution in [2.45, 2.75) is 51.9 Å². The van der Waals surface area contributed by atoms with Gasteiger partial charge in [0.2, 0.25) is 6.10 Å². The van der Waals surface area contributed by atoms with E-state index >= 15 is 0 Å². The van der Waals surface area contributed by atoms with Gasteiger partial charge < -0.3 is 18.8 Å². The molecule has 2 atom stereocenters. The van der Waals surface area contributed by atoms with Gasteiger partial charge in [0, 0.05) is 0 Å². The lowest BCUT2D eigenvalue weighted by atomic mass is 10.1. The molecule has 1 aromatic heterocycles. The van der Waals surface area contributed by atoms with Gasteiger partial charge in [0.1, 0.15) is 12.6 Å². The van der Waals surface area contributed by atoms with Crippen molar-refractivity contribution in [1.82, 2.24) is 4.57 Å². The number of carbonyl (C=O) groups excluding carboxylic acids is 2. The molecule has 0 aliphatic carbocycles. The van der Waals surface area contributed by atoms with Crippen molar-refractivity contribution in [1.29, 1.82) is 0 Å². The molecule has 0 saturated heterocycles. The molecule has 0 spiro atoms. The van der Waals surface area contributed by atoms with Crippen molar-refractivity contribution in [2.24, 2.45) is 4.99 Å². The van der Waals surface area contributed by atoms with Crippen LogP contribution in [0.1, 0.15) is 32.3 Å². The van der Waals surface area contributed by atoms with Crippen molar-refractivity contribution in [3.8, 4) is 11.5 Å². The van der Waals surface area contributed by atoms with Gasteiger partial charge >= 0.3 is 5.97 Å². The molecule has 2 aromatic carbocycles. The molecule has 0 N–H and O–H groups in total. The maximum atomic E-state index is 13.1. The van der Waals surface area contributed by atoms with Crippen molar-refractivity contribution in [3.63, 3.8) is 0 Å². The minimum absolute atomic E-state index is 0.0304. The van der Waals surface area contributed by atoms with Crippen LogP contribution >= 0.6 is 11.3 Å². The van der Waals surface area contributed by atoms with Crippen molar-refractivity contribution >= 4 is 33.4 Å². The number of hydrogen-bond donors (Lipinski definition) is 0. The number of amides is 1. The number of fused-ring (bicyclic) bond motifs is 2. The Balaban J connectivity index is 1.72. The highest BCUT2D eigenvalue weighted by atomic mass is 32.1. The topological polar surface area (TPSA) is 79.1 Å². The number of ether oxygens (including phenoxy) is 3. The standard InChI is InChI=1S/C24H26N2O5S/c1-4-5-8-16-11-12-17-20(13-16)32-24(26(17)14-21(27)29-3)25-23(28)22-15(2)30-18-9-6-7-10-19(18)31-22/h6-7,9-13,15,22H,4-5,8,14H2,1-3H3. The minimum atomic E-state index is -0.873. The summed E-state index contributed by atoms with van der Waals surface area (Å²) in [6, 6.07) is 13.4. The molecule has 168 valence electrons. The summed E-state index contributed by atoms with van der Waals surface area (Å²) < 4.78 is 19.3. The van der Waals surface area contributed by atoms with Crippen LogP contribution in [0, 0.1) is 0 Å². The minimum Gasteiger partial charge on any atom is -0.482 e. The molecule has 8 heteroatoms. The third-order valence-corrected chi connectivity index (χ3v) is 6.41. The van der Waals surface area contributed by atoms with Gasteiger partial charge in [-0.2, -0.15) is 4.99 Å². The Kier molecular flexibility index (Phi) is 6.60. The number of unbranched alkanes of at least 4 members (excludes halogenated alkanes) is 1. The van der Waals surface area contributed by atoms with Crippen LogP contribution < -0.4 is 14.3 Å². The second-order valence-electron chi connectivity index (χ2n) is 7.71. The van der Waals surface area contributed by atoms with E-state index in [4.69, 9.17) is 14.2 Å². The zero-order chi connectivity index (χ0) is 22.7. The van der Waals surface area contributed by atoms with E-state index in [2.05, 4.69) is 24.0 Å². The maximum absolute atomic E-state index is 13.1. The van der Waals surface area contributed by atoms with Gasteiger partial charge in [-0.05, 0) is 49.6 Å². The molecule has 3 aromatic rings. The highest BCUT2D eigenvalue weighted by Crippen LogP contribution is 2.33. The van der Waals surface area contributed by atoms with Crippen LogP contribution in [0.25, 0.3) is 10.2 Å². The summed E-state index contributed by atoms with van der Waals surface area (Å²) in [4.78, 5) is 29.9. The first kappa shape index (κ1) is 22.1. The van der Waals surface area contributed by atoms with Gasteiger partial charge in [-0.1, -0.05) is 42.9 Å². The fourth-order valence-corrected chi connectivity index (χ4v) is 4.73. The number of hydrogen-bond acceptors (Lipinski definition) is 6. The molecular weight excluding hydrogens is 428 g/mol. The molecule has 0 fully saturated rings. The Morgan fingerprint density at radius 2 is 1.91 bits per heavy atom. The number of aryl methyl sites for hydroxylation is 1. The smallest absolute Gasteiger partial charge is 0.325 e. The van der Waals surface area contributed by atoms with Crippen LogP contribution in [-0.2, 0) is 27.3 Å². The monoisotopic (exact) mass is 454 g/mol. The summed E-state index contributed by atoms with van der Waals surface area (Å²) in [6.45, 7) is 3.91. The second-order valence-corrected chi connectivity index (χ2v) is 8.72. The maximum Gasteiger partial charge on any atom is 0.325 e. The summed E-state index contributed by atoms with van der Waals surface area (Å²) in [6.07, 6.45) is 1.83. The van der Waals surface area contributed by atoms with E-state index in [0.717, 1.165) is 29.5 Å². The molecule has 0 bridgehead atoms. The summed E-state index contributed by atoms with van der Waals surface area (Å²) in [7, 11) is 1.34. The van der Waals surface area contributed by atoms with Crippen molar-refractivity contribution < 1.29 is 23.8 Å². The summed E-state index contributed by atoms with van der Waals surface area (Å²) in [5.74, 6) is 0.251. The van der Waals surface area contributed by atoms with Crippen molar-refractivity contribution in [2.75, 3.05) is 7.11 Å². The van der Waals surface area contributed by atoms with E-state index in [-0.39, 0.29) is 6.54 Å². The predicted molar refractivity (Wildman–Crippen MR) is 122 cm³/mol. The van der Waals surface area contributed by atoms with Gasteiger partial charge in [0.25, 0.3) is 5.91 Å². The number of benzene rings is 2. The molecule has 4 rings (SSSR count). The molecule has 2 heterocycles. The van der Waals surface area contributed by atoms with Crippen LogP contribution in [0.3, 0.4) is 0 Å². The predicted octanol–water partition coefficient (Wildman–Crippen LogP) is 3.87. The third-order valence-electron chi connectivity index (χ3n) is 5.37. The average Bonchev–Trinajstić information content (AvgIpc) is 3.12. The normalized spacial score (nSPS) is 18.0. The largest absolute Gasteiger partial charge is 0.482 e. The highest BCUT2D eigenvalue weighted by molar-refractivity contribution is 7.16. The van der Waals surface area contributed by atoms with Crippen LogP contribution in [0.2, 0.25) is 0 Å². The molecule has 0 radical (unpaired) electrons. The third kappa shape index (κ3) is 4.55. The number of rotatable bonds is 6. The number of methoxy groups -OCH3 is 1. The van der Waals surface area contributed by atoms with Gasteiger partial charge in [0.15, 0.2) is 16.3 Å². The average molecular weight is 455 g/mol. The van der Waals surface area contributed by atoms with Gasteiger partial charge in [-0.25, -0.2) is 0 Å². The Bertz CT molecular complexity index is 1210. The van der Waals surface area contributed by atoms with Gasteiger partial charge in [0.05, 0.1) is 17.3 Å². The molecular formula is C24H26N2O5S. The first-order valence-corrected chi connectivity index (χ1v) is 11.5. The van der Waals surface area contributed by atoms with E-state index in [9.17, 15) is 9.59 Å². The fraction of sp³-hybridized carbons (Fsp3) is 0.375. The zero-order valence-electron chi connectivity index (χ0n) is 18.4. The molecule has 1 aliphatic rings. The van der Waals surface area contributed by atoms with Crippen LogP contribution in [-0.4, -0.2) is 35.8 Å². The van der Waals surface area contributed by atoms with E-state index in [1.54, 1.807) is 23.6 Å². The van der Waals surface area contributed by atoms with Gasteiger partial charge in [-0.15, -0.1) is 0 Å². The first-order chi connectivity index (χ1) is 15.5. The molecule has 2 unspecified atom stereocenters. The molecule has 7 nitrogen and oxygen atoms in total. The number of para-hydroxylation sites is 2. The second kappa shape index (κ2) is 9.56. The number of nitrogens with zero attached hydrogens (tertiary/aromatic N) is 2. The Hall–Kier alpha value is -3.13. The lowest BCUT2D eigenvalue weighted by Crippen LogP contribution is -2.43. The first-order valence-electron chi connectivity index (χ1n) is 10.7. The summed E-state index contributed by atoms with van der Waals surface area (Å²) in [5, 5.41) is 0.